The Balaban J connectivity index is 3.60. The summed E-state index contributed by atoms with van der Waals surface area (Å²) >= 11 is 0. The van der Waals surface area contributed by atoms with Crippen LogP contribution in [0.2, 0.25) is 0 Å². The maximum Gasteiger partial charge on any atom is 0.469 e. The molecular weight excluding hydrogens is 742 g/mol. The van der Waals surface area contributed by atoms with E-state index in [9.17, 15) is 24.3 Å². The smallest absolute Gasteiger partial charge is 0.391 e. The summed E-state index contributed by atoms with van der Waals surface area (Å²) in [5, 5.41) is 13.5. The molecule has 0 aromatic rings. The molecule has 348 valence electrons. The first-order chi connectivity index (χ1) is 28.3. The molecule has 1 amide bonds. The van der Waals surface area contributed by atoms with Gasteiger partial charge in [0.25, 0.3) is 0 Å². The van der Waals surface area contributed by atoms with Crippen molar-refractivity contribution in [1.29, 1.82) is 0 Å². The van der Waals surface area contributed by atoms with Crippen molar-refractivity contribution in [1.82, 2.24) is 5.32 Å². The van der Waals surface area contributed by atoms with Gasteiger partial charge in [-0.25, -0.2) is 4.57 Å². The molecule has 58 heavy (non-hydrogen) atoms. The molecule has 0 aliphatic heterocycles. The van der Waals surface area contributed by atoms with Crippen molar-refractivity contribution in [2.45, 2.75) is 309 Å². The van der Waals surface area contributed by atoms with Gasteiger partial charge in [0, 0.05) is 6.42 Å². The fourth-order valence-electron chi connectivity index (χ4n) is 8.41. The van der Waals surface area contributed by atoms with Crippen LogP contribution in [0.25, 0.3) is 0 Å². The molecule has 0 aromatic heterocycles. The van der Waals surface area contributed by atoms with Crippen LogP contribution in [-0.2, 0) is 13.9 Å². The number of amides is 1. The van der Waals surface area contributed by atoms with Crippen molar-refractivity contribution in [2.75, 3.05) is 6.61 Å². The lowest BCUT2D eigenvalue weighted by molar-refractivity contribution is -0.123. The molecule has 0 radical (unpaired) electrons. The van der Waals surface area contributed by atoms with Gasteiger partial charge in [-0.1, -0.05) is 277 Å². The van der Waals surface area contributed by atoms with E-state index in [1.165, 1.54) is 231 Å². The lowest BCUT2D eigenvalue weighted by Crippen LogP contribution is -2.46. The second-order valence-electron chi connectivity index (χ2n) is 18.2. The van der Waals surface area contributed by atoms with Crippen molar-refractivity contribution in [3.05, 3.63) is 0 Å². The number of nitrogens with one attached hydrogen (secondary N) is 1. The highest BCUT2D eigenvalue weighted by Crippen LogP contribution is 2.36. The van der Waals surface area contributed by atoms with Crippen LogP contribution in [0.15, 0.2) is 0 Å². The molecule has 0 bridgehead atoms. The van der Waals surface area contributed by atoms with E-state index in [-0.39, 0.29) is 5.91 Å². The Morgan fingerprint density at radius 2 is 0.672 bits per heavy atom. The summed E-state index contributed by atoms with van der Waals surface area (Å²) < 4.78 is 16.0. The van der Waals surface area contributed by atoms with Gasteiger partial charge < -0.3 is 20.2 Å². The monoisotopic (exact) mass is 844 g/mol. The number of rotatable bonds is 49. The largest absolute Gasteiger partial charge is 0.469 e. The fraction of sp³-hybridized carbons (Fsp3) is 0.980. The highest BCUT2D eigenvalue weighted by atomic mass is 31.2. The Kier molecular flexibility index (Phi) is 45.7. The number of aliphatic hydroxyl groups is 1. The first-order valence-electron chi connectivity index (χ1n) is 26.0. The Hall–Kier alpha value is -0.460. The summed E-state index contributed by atoms with van der Waals surface area (Å²) in [6.45, 7) is 4.14. The molecule has 0 heterocycles. The van der Waals surface area contributed by atoms with Gasteiger partial charge >= 0.3 is 7.82 Å². The van der Waals surface area contributed by atoms with Gasteiger partial charge in [-0.3, -0.25) is 9.32 Å². The molecule has 0 aromatic carbocycles. The van der Waals surface area contributed by atoms with Crippen LogP contribution in [0.1, 0.15) is 296 Å². The van der Waals surface area contributed by atoms with Crippen LogP contribution in [0, 0.1) is 0 Å². The topological polar surface area (TPSA) is 116 Å². The lowest BCUT2D eigenvalue weighted by Gasteiger charge is -2.24. The average Bonchev–Trinajstić information content (AvgIpc) is 3.20. The Bertz CT molecular complexity index is 869. The SMILES string of the molecule is CCCCCCCCCCCCCCCCCCCCCCCCCCCCCCCCCC(=O)N[C@@H](COP(=O)(O)O)[C@H](O)CCCCCCCCCCCCC. The van der Waals surface area contributed by atoms with Crippen LogP contribution in [0.4, 0.5) is 0 Å². The standard InChI is InChI=1S/C50H102NO6P/c1-3-5-7-9-11-13-15-16-17-18-19-20-21-22-23-24-25-26-27-28-29-30-31-32-33-34-36-38-40-42-44-46-50(53)51-48(47-57-58(54,55)56)49(52)45-43-41-39-37-35-14-12-10-8-6-4-2/h48-49,52H,3-47H2,1-2H3,(H,51,53)(H2,54,55,56)/t48-,49+/m0/s1. The van der Waals surface area contributed by atoms with E-state index in [0.29, 0.717) is 12.8 Å². The maximum atomic E-state index is 12.6. The van der Waals surface area contributed by atoms with Gasteiger partial charge in [0.15, 0.2) is 0 Å². The number of aliphatic hydroxyl groups excluding tert-OH is 1. The zero-order chi connectivity index (χ0) is 42.5. The van der Waals surface area contributed by atoms with Crippen molar-refractivity contribution in [2.24, 2.45) is 0 Å². The quantitative estimate of drug-likeness (QED) is 0.0358. The summed E-state index contributed by atoms with van der Waals surface area (Å²) in [5.41, 5.74) is 0. The lowest BCUT2D eigenvalue weighted by atomic mass is 10.0. The summed E-state index contributed by atoms with van der Waals surface area (Å²) in [6, 6.07) is -0.818. The molecule has 0 saturated heterocycles. The summed E-state index contributed by atoms with van der Waals surface area (Å²) in [6.07, 6.45) is 55.7. The third kappa shape index (κ3) is 46.6. The van der Waals surface area contributed by atoms with Crippen LogP contribution in [0.3, 0.4) is 0 Å². The number of hydrogen-bond acceptors (Lipinski definition) is 4. The molecule has 0 aliphatic rings. The van der Waals surface area contributed by atoms with Crippen LogP contribution in [0.5, 0.6) is 0 Å². The summed E-state index contributed by atoms with van der Waals surface area (Å²) in [7, 11) is -4.69. The first-order valence-corrected chi connectivity index (χ1v) is 27.5. The molecular formula is C50H102NO6P. The summed E-state index contributed by atoms with van der Waals surface area (Å²) in [5.74, 6) is -0.187. The first kappa shape index (κ1) is 57.5. The number of unbranched alkanes of at least 4 members (excludes halogenated alkanes) is 40. The minimum atomic E-state index is -4.69. The zero-order valence-corrected chi connectivity index (χ0v) is 39.9. The molecule has 4 N–H and O–H groups in total. The molecule has 8 heteroatoms. The van der Waals surface area contributed by atoms with E-state index in [4.69, 9.17) is 0 Å². The Morgan fingerprint density at radius 3 is 0.931 bits per heavy atom. The molecule has 0 rings (SSSR count). The van der Waals surface area contributed by atoms with E-state index in [1.54, 1.807) is 0 Å². The van der Waals surface area contributed by atoms with E-state index in [0.717, 1.165) is 38.5 Å². The third-order valence-electron chi connectivity index (χ3n) is 12.3. The maximum absolute atomic E-state index is 12.6. The van der Waals surface area contributed by atoms with Gasteiger partial charge in [-0.2, -0.15) is 0 Å². The molecule has 7 nitrogen and oxygen atoms in total. The predicted octanol–water partition coefficient (Wildman–Crippen LogP) is 16.1. The van der Waals surface area contributed by atoms with E-state index in [2.05, 4.69) is 23.7 Å². The Labute approximate surface area is 361 Å². The highest BCUT2D eigenvalue weighted by molar-refractivity contribution is 7.46. The minimum absolute atomic E-state index is 0.187. The van der Waals surface area contributed by atoms with E-state index in [1.807, 2.05) is 0 Å². The second kappa shape index (κ2) is 46.1. The second-order valence-corrected chi connectivity index (χ2v) is 19.4. The number of phosphoric acid groups is 1. The number of phosphoric ester groups is 1. The third-order valence-corrected chi connectivity index (χ3v) is 12.8. The van der Waals surface area contributed by atoms with Crippen LogP contribution in [-0.4, -0.2) is 39.6 Å². The number of carbonyl (C=O) groups is 1. The van der Waals surface area contributed by atoms with Crippen LogP contribution < -0.4 is 5.32 Å². The molecule has 0 fully saturated rings. The van der Waals surface area contributed by atoms with Gasteiger partial charge in [0.2, 0.25) is 5.91 Å². The number of carbonyl (C=O) groups excluding carboxylic acids is 1. The van der Waals surface area contributed by atoms with Crippen molar-refractivity contribution in [3.63, 3.8) is 0 Å². The fourth-order valence-corrected chi connectivity index (χ4v) is 8.76. The predicted molar refractivity (Wildman–Crippen MR) is 250 cm³/mol. The van der Waals surface area contributed by atoms with Gasteiger partial charge in [0.1, 0.15) is 0 Å². The molecule has 2 atom stereocenters. The van der Waals surface area contributed by atoms with Crippen molar-refractivity contribution < 1.29 is 28.8 Å². The minimum Gasteiger partial charge on any atom is -0.391 e. The molecule has 0 saturated carbocycles. The highest BCUT2D eigenvalue weighted by Gasteiger charge is 2.25. The molecule has 0 unspecified atom stereocenters. The van der Waals surface area contributed by atoms with Gasteiger partial charge in [-0.15, -0.1) is 0 Å². The number of hydrogen-bond donors (Lipinski definition) is 4. The van der Waals surface area contributed by atoms with Crippen LogP contribution >= 0.6 is 7.82 Å². The van der Waals surface area contributed by atoms with Gasteiger partial charge in [0.05, 0.1) is 18.8 Å². The molecule has 0 spiro atoms. The zero-order valence-electron chi connectivity index (χ0n) is 39.0. The van der Waals surface area contributed by atoms with Gasteiger partial charge in [-0.05, 0) is 12.8 Å². The van der Waals surface area contributed by atoms with Crippen molar-refractivity contribution in [3.8, 4) is 0 Å². The molecule has 0 aliphatic carbocycles. The normalized spacial score (nSPS) is 13.0. The van der Waals surface area contributed by atoms with E-state index >= 15 is 0 Å². The Morgan fingerprint density at radius 1 is 0.431 bits per heavy atom. The summed E-state index contributed by atoms with van der Waals surface area (Å²) in [4.78, 5) is 31.0. The average molecular weight is 844 g/mol. The van der Waals surface area contributed by atoms with E-state index < -0.39 is 26.6 Å². The van der Waals surface area contributed by atoms with Crippen molar-refractivity contribution >= 4 is 13.7 Å².